The molecule has 0 spiro atoms. The Morgan fingerprint density at radius 1 is 1.67 bits per heavy atom. The van der Waals surface area contributed by atoms with Crippen LogP contribution in [0.5, 0.6) is 0 Å². The minimum absolute atomic E-state index is 0.268. The normalized spacial score (nSPS) is 12.8. The molecule has 2 aromatic heterocycles. The first-order valence-electron chi connectivity index (χ1n) is 5.46. The molecule has 2 rings (SSSR count). The number of methoxy groups -OCH3 is 1. The van der Waals surface area contributed by atoms with Crippen molar-refractivity contribution >= 4 is 11.6 Å². The molecule has 0 saturated carbocycles. The van der Waals surface area contributed by atoms with E-state index >= 15 is 0 Å². The van der Waals surface area contributed by atoms with Crippen LogP contribution in [0, 0.1) is 0 Å². The van der Waals surface area contributed by atoms with Crippen LogP contribution in [-0.2, 0) is 11.3 Å². The Kier molecular flexibility index (Phi) is 4.38. The third kappa shape index (κ3) is 2.56. The summed E-state index contributed by atoms with van der Waals surface area (Å²) >= 11 is 6.16. The van der Waals surface area contributed by atoms with Gasteiger partial charge < -0.3 is 9.15 Å². The van der Waals surface area contributed by atoms with Gasteiger partial charge in [0.05, 0.1) is 48.6 Å². The Bertz CT molecular complexity index is 483. The lowest BCUT2D eigenvalue weighted by Gasteiger charge is -2.17. The van der Waals surface area contributed by atoms with Crippen molar-refractivity contribution < 1.29 is 9.15 Å². The molecule has 0 radical (unpaired) electrons. The van der Waals surface area contributed by atoms with E-state index in [4.69, 9.17) is 26.6 Å². The zero-order chi connectivity index (χ0) is 13.0. The molecule has 0 saturated heterocycles. The molecule has 2 heterocycles. The van der Waals surface area contributed by atoms with Crippen LogP contribution in [-0.4, -0.2) is 23.5 Å². The maximum absolute atomic E-state index is 6.16. The SMILES string of the molecule is COCCn1ncc(Cl)c1C(NN)c1ccoc1. The maximum atomic E-state index is 6.16. The molecule has 0 bridgehead atoms. The van der Waals surface area contributed by atoms with Crippen LogP contribution >= 0.6 is 11.6 Å². The van der Waals surface area contributed by atoms with Crippen molar-refractivity contribution in [1.29, 1.82) is 0 Å². The van der Waals surface area contributed by atoms with Gasteiger partial charge in [-0.1, -0.05) is 11.6 Å². The Morgan fingerprint density at radius 2 is 2.50 bits per heavy atom. The first-order chi connectivity index (χ1) is 8.77. The number of aromatic nitrogens is 2. The molecule has 98 valence electrons. The van der Waals surface area contributed by atoms with E-state index in [1.165, 1.54) is 0 Å². The summed E-state index contributed by atoms with van der Waals surface area (Å²) < 4.78 is 11.9. The summed E-state index contributed by atoms with van der Waals surface area (Å²) in [6.07, 6.45) is 4.80. The van der Waals surface area contributed by atoms with E-state index in [9.17, 15) is 0 Å². The van der Waals surface area contributed by atoms with Crippen molar-refractivity contribution in [3.8, 4) is 0 Å². The molecule has 0 aromatic carbocycles. The number of halogens is 1. The molecule has 0 aliphatic rings. The summed E-state index contributed by atoms with van der Waals surface area (Å²) in [4.78, 5) is 0. The summed E-state index contributed by atoms with van der Waals surface area (Å²) in [5.74, 6) is 5.60. The van der Waals surface area contributed by atoms with Gasteiger partial charge in [-0.2, -0.15) is 5.10 Å². The summed E-state index contributed by atoms with van der Waals surface area (Å²) in [6.45, 7) is 1.16. The molecule has 0 fully saturated rings. The second-order valence-electron chi connectivity index (χ2n) is 3.75. The number of ether oxygens (including phenoxy) is 1. The van der Waals surface area contributed by atoms with E-state index in [0.29, 0.717) is 18.2 Å². The number of hydrogen-bond acceptors (Lipinski definition) is 5. The molecule has 0 aliphatic carbocycles. The van der Waals surface area contributed by atoms with Crippen LogP contribution in [0.25, 0.3) is 0 Å². The van der Waals surface area contributed by atoms with E-state index in [-0.39, 0.29) is 6.04 Å². The van der Waals surface area contributed by atoms with Crippen molar-refractivity contribution in [2.45, 2.75) is 12.6 Å². The molecule has 6 nitrogen and oxygen atoms in total. The lowest BCUT2D eigenvalue weighted by atomic mass is 10.1. The van der Waals surface area contributed by atoms with Crippen LogP contribution in [0.2, 0.25) is 5.02 Å². The predicted octanol–water partition coefficient (Wildman–Crippen LogP) is 1.33. The van der Waals surface area contributed by atoms with Gasteiger partial charge in [0.25, 0.3) is 0 Å². The van der Waals surface area contributed by atoms with Gasteiger partial charge in [-0.05, 0) is 6.07 Å². The number of hydrazine groups is 1. The molecule has 0 amide bonds. The van der Waals surface area contributed by atoms with E-state index in [0.717, 1.165) is 11.3 Å². The average molecular weight is 271 g/mol. The highest BCUT2D eigenvalue weighted by molar-refractivity contribution is 6.31. The minimum atomic E-state index is -0.268. The van der Waals surface area contributed by atoms with Crippen LogP contribution in [0.15, 0.2) is 29.2 Å². The smallest absolute Gasteiger partial charge is 0.0954 e. The number of nitrogens with zero attached hydrogens (tertiary/aromatic N) is 2. The van der Waals surface area contributed by atoms with Gasteiger partial charge in [-0.3, -0.25) is 10.5 Å². The fourth-order valence-corrected chi connectivity index (χ4v) is 2.04. The molecule has 0 aliphatic heterocycles. The Balaban J connectivity index is 2.32. The summed E-state index contributed by atoms with van der Waals surface area (Å²) in [6, 6.07) is 1.56. The van der Waals surface area contributed by atoms with Crippen LogP contribution < -0.4 is 11.3 Å². The molecule has 3 N–H and O–H groups in total. The zero-order valence-corrected chi connectivity index (χ0v) is 10.7. The third-order valence-electron chi connectivity index (χ3n) is 2.66. The van der Waals surface area contributed by atoms with Crippen LogP contribution in [0.4, 0.5) is 0 Å². The first kappa shape index (κ1) is 13.1. The summed E-state index contributed by atoms with van der Waals surface area (Å²) in [7, 11) is 1.64. The van der Waals surface area contributed by atoms with Gasteiger partial charge >= 0.3 is 0 Å². The largest absolute Gasteiger partial charge is 0.472 e. The Hall–Kier alpha value is -1.34. The van der Waals surface area contributed by atoms with Crippen molar-refractivity contribution in [1.82, 2.24) is 15.2 Å². The van der Waals surface area contributed by atoms with E-state index < -0.39 is 0 Å². The van der Waals surface area contributed by atoms with Crippen LogP contribution in [0.3, 0.4) is 0 Å². The summed E-state index contributed by atoms with van der Waals surface area (Å²) in [5, 5.41) is 4.76. The number of nitrogens with one attached hydrogen (secondary N) is 1. The van der Waals surface area contributed by atoms with Crippen molar-refractivity contribution in [3.05, 3.63) is 41.1 Å². The minimum Gasteiger partial charge on any atom is -0.472 e. The number of hydrogen-bond donors (Lipinski definition) is 2. The van der Waals surface area contributed by atoms with Crippen molar-refractivity contribution in [2.75, 3.05) is 13.7 Å². The Morgan fingerprint density at radius 3 is 3.11 bits per heavy atom. The van der Waals surface area contributed by atoms with Crippen molar-refractivity contribution in [2.24, 2.45) is 5.84 Å². The standard InChI is InChI=1S/C11H15ClN4O2/c1-17-5-3-16-11(9(12)6-14-16)10(15-13)8-2-4-18-7-8/h2,4,6-7,10,15H,3,5,13H2,1H3. The highest BCUT2D eigenvalue weighted by atomic mass is 35.5. The van der Waals surface area contributed by atoms with Gasteiger partial charge in [0.15, 0.2) is 0 Å². The number of furan rings is 1. The lowest BCUT2D eigenvalue weighted by Crippen LogP contribution is -2.31. The zero-order valence-electron chi connectivity index (χ0n) is 9.97. The quantitative estimate of drug-likeness (QED) is 0.612. The number of rotatable bonds is 6. The highest BCUT2D eigenvalue weighted by Gasteiger charge is 2.21. The Labute approximate surface area is 110 Å². The van der Waals surface area contributed by atoms with Gasteiger partial charge in [-0.25, -0.2) is 5.43 Å². The van der Waals surface area contributed by atoms with Gasteiger partial charge in [-0.15, -0.1) is 0 Å². The second kappa shape index (κ2) is 6.01. The van der Waals surface area contributed by atoms with E-state index in [1.807, 2.05) is 6.07 Å². The summed E-state index contributed by atoms with van der Waals surface area (Å²) in [5.41, 5.74) is 4.40. The molecule has 2 aromatic rings. The molecule has 1 unspecified atom stereocenters. The average Bonchev–Trinajstić information content (AvgIpc) is 3.00. The number of nitrogens with two attached hydrogens (primary N) is 1. The molecule has 1 atom stereocenters. The highest BCUT2D eigenvalue weighted by Crippen LogP contribution is 2.27. The van der Waals surface area contributed by atoms with E-state index in [2.05, 4.69) is 10.5 Å². The molecular formula is C11H15ClN4O2. The fraction of sp³-hybridized carbons (Fsp3) is 0.364. The predicted molar refractivity (Wildman–Crippen MR) is 67.0 cm³/mol. The van der Waals surface area contributed by atoms with Gasteiger partial charge in [0, 0.05) is 12.7 Å². The molecule has 7 heteroatoms. The molecule has 18 heavy (non-hydrogen) atoms. The van der Waals surface area contributed by atoms with E-state index in [1.54, 1.807) is 30.5 Å². The van der Waals surface area contributed by atoms with Gasteiger partial charge in [0.1, 0.15) is 0 Å². The first-order valence-corrected chi connectivity index (χ1v) is 5.84. The fourth-order valence-electron chi connectivity index (χ4n) is 1.79. The topological polar surface area (TPSA) is 78.2 Å². The van der Waals surface area contributed by atoms with Crippen LogP contribution in [0.1, 0.15) is 17.3 Å². The van der Waals surface area contributed by atoms with Gasteiger partial charge in [0.2, 0.25) is 0 Å². The van der Waals surface area contributed by atoms with Crippen molar-refractivity contribution in [3.63, 3.8) is 0 Å². The third-order valence-corrected chi connectivity index (χ3v) is 2.95. The monoisotopic (exact) mass is 270 g/mol. The maximum Gasteiger partial charge on any atom is 0.0954 e. The molecular weight excluding hydrogens is 256 g/mol. The second-order valence-corrected chi connectivity index (χ2v) is 4.16. The lowest BCUT2D eigenvalue weighted by molar-refractivity contribution is 0.182.